The average Bonchev–Trinajstić information content (AvgIpc) is 2.91. The molecule has 0 bridgehead atoms. The number of aliphatic carboxylic acids is 1. The molecule has 1 heterocycles. The van der Waals surface area contributed by atoms with Gasteiger partial charge in [0.15, 0.2) is 0 Å². The Bertz CT molecular complexity index is 589. The molecule has 0 fully saturated rings. The van der Waals surface area contributed by atoms with Crippen LogP contribution in [0.3, 0.4) is 0 Å². The van der Waals surface area contributed by atoms with Crippen molar-refractivity contribution >= 4 is 33.2 Å². The lowest BCUT2D eigenvalue weighted by Crippen LogP contribution is -2.23. The first-order valence-electron chi connectivity index (χ1n) is 5.99. The smallest absolute Gasteiger partial charge is 0.305 e. The van der Waals surface area contributed by atoms with Crippen LogP contribution >= 0.6 is 27.3 Å². The molecular weight excluding hydrogens is 345 g/mol. The maximum atomic E-state index is 13.7. The molecule has 1 atom stereocenters. The molecule has 0 radical (unpaired) electrons. The second kappa shape index (κ2) is 6.97. The van der Waals surface area contributed by atoms with E-state index in [9.17, 15) is 9.18 Å². The summed E-state index contributed by atoms with van der Waals surface area (Å²) in [5.74, 6) is -1.19. The van der Waals surface area contributed by atoms with Crippen LogP contribution in [-0.2, 0) is 11.3 Å². The Morgan fingerprint density at radius 1 is 1.45 bits per heavy atom. The van der Waals surface area contributed by atoms with Crippen LogP contribution in [0.25, 0.3) is 0 Å². The first-order valence-corrected chi connectivity index (χ1v) is 7.66. The summed E-state index contributed by atoms with van der Waals surface area (Å²) >= 11 is 4.78. The van der Waals surface area contributed by atoms with Crippen molar-refractivity contribution in [3.63, 3.8) is 0 Å². The molecule has 0 aliphatic heterocycles. The number of rotatable bonds is 6. The Morgan fingerprint density at radius 2 is 2.25 bits per heavy atom. The van der Waals surface area contributed by atoms with Crippen molar-refractivity contribution in [2.45, 2.75) is 19.0 Å². The molecule has 3 nitrogen and oxygen atoms in total. The molecule has 0 spiro atoms. The number of nitrogens with one attached hydrogen (secondary N) is 1. The average molecular weight is 358 g/mol. The summed E-state index contributed by atoms with van der Waals surface area (Å²) in [5, 5.41) is 14.0. The Morgan fingerprint density at radius 3 is 2.90 bits per heavy atom. The second-order valence-electron chi connectivity index (χ2n) is 4.28. The number of hydrogen-bond donors (Lipinski definition) is 2. The van der Waals surface area contributed by atoms with E-state index in [0.29, 0.717) is 5.56 Å². The quantitative estimate of drug-likeness (QED) is 0.822. The molecule has 0 aliphatic carbocycles. The Hall–Kier alpha value is -1.24. The van der Waals surface area contributed by atoms with Crippen LogP contribution in [0.15, 0.2) is 40.2 Å². The number of carbonyl (C=O) groups is 1. The SMILES string of the molecule is O=C(O)CC(NCc1cc(Br)ccc1F)c1cccs1. The van der Waals surface area contributed by atoms with Gasteiger partial charge in [0, 0.05) is 21.5 Å². The molecule has 6 heteroatoms. The zero-order valence-electron chi connectivity index (χ0n) is 10.5. The maximum absolute atomic E-state index is 13.7. The summed E-state index contributed by atoms with van der Waals surface area (Å²) in [6.45, 7) is 0.279. The number of carboxylic acids is 1. The van der Waals surface area contributed by atoms with Gasteiger partial charge in [0.2, 0.25) is 0 Å². The van der Waals surface area contributed by atoms with Gasteiger partial charge in [-0.15, -0.1) is 11.3 Å². The van der Waals surface area contributed by atoms with Gasteiger partial charge in [0.05, 0.1) is 12.5 Å². The fourth-order valence-electron chi connectivity index (χ4n) is 1.85. The minimum atomic E-state index is -0.884. The number of halogens is 2. The van der Waals surface area contributed by atoms with E-state index < -0.39 is 5.97 Å². The van der Waals surface area contributed by atoms with E-state index in [1.54, 1.807) is 12.1 Å². The van der Waals surface area contributed by atoms with E-state index in [0.717, 1.165) is 9.35 Å². The number of benzene rings is 1. The molecule has 106 valence electrons. The molecule has 20 heavy (non-hydrogen) atoms. The van der Waals surface area contributed by atoms with Gasteiger partial charge < -0.3 is 10.4 Å². The molecule has 0 amide bonds. The van der Waals surface area contributed by atoms with E-state index in [1.807, 2.05) is 17.5 Å². The number of carboxylic acid groups (broad SMARTS) is 1. The third-order valence-electron chi connectivity index (χ3n) is 2.81. The largest absolute Gasteiger partial charge is 0.481 e. The summed E-state index contributed by atoms with van der Waals surface area (Å²) in [4.78, 5) is 11.9. The van der Waals surface area contributed by atoms with Crippen LogP contribution in [-0.4, -0.2) is 11.1 Å². The van der Waals surface area contributed by atoms with Gasteiger partial charge in [-0.25, -0.2) is 4.39 Å². The van der Waals surface area contributed by atoms with Crippen LogP contribution in [0.5, 0.6) is 0 Å². The Labute approximate surface area is 128 Å². The third kappa shape index (κ3) is 4.13. The predicted molar refractivity (Wildman–Crippen MR) is 80.3 cm³/mol. The minimum absolute atomic E-state index is 0.0316. The van der Waals surface area contributed by atoms with Gasteiger partial charge in [0.1, 0.15) is 5.82 Å². The summed E-state index contributed by atoms with van der Waals surface area (Å²) in [5.41, 5.74) is 0.506. The van der Waals surface area contributed by atoms with E-state index in [-0.39, 0.29) is 24.8 Å². The highest BCUT2D eigenvalue weighted by Crippen LogP contribution is 2.23. The monoisotopic (exact) mass is 357 g/mol. The number of hydrogen-bond acceptors (Lipinski definition) is 3. The highest BCUT2D eigenvalue weighted by atomic mass is 79.9. The molecule has 0 saturated carbocycles. The molecule has 2 N–H and O–H groups in total. The van der Waals surface area contributed by atoms with Gasteiger partial charge in [-0.2, -0.15) is 0 Å². The summed E-state index contributed by atoms with van der Waals surface area (Å²) in [6, 6.07) is 8.14. The highest BCUT2D eigenvalue weighted by molar-refractivity contribution is 9.10. The normalized spacial score (nSPS) is 12.3. The van der Waals surface area contributed by atoms with Crippen LogP contribution in [0.2, 0.25) is 0 Å². The van der Waals surface area contributed by atoms with E-state index in [1.165, 1.54) is 17.4 Å². The lowest BCUT2D eigenvalue weighted by Gasteiger charge is -2.16. The maximum Gasteiger partial charge on any atom is 0.305 e. The van der Waals surface area contributed by atoms with Gasteiger partial charge in [-0.3, -0.25) is 4.79 Å². The van der Waals surface area contributed by atoms with Gasteiger partial charge in [-0.05, 0) is 29.6 Å². The van der Waals surface area contributed by atoms with E-state index >= 15 is 0 Å². The standard InChI is InChI=1S/C14H13BrFNO2S/c15-10-3-4-11(16)9(6-10)8-17-12(7-14(18)19)13-2-1-5-20-13/h1-6,12,17H,7-8H2,(H,18,19). The van der Waals surface area contributed by atoms with E-state index in [2.05, 4.69) is 21.2 Å². The van der Waals surface area contributed by atoms with Crippen molar-refractivity contribution < 1.29 is 14.3 Å². The first-order chi connectivity index (χ1) is 9.56. The predicted octanol–water partition coefficient (Wildman–Crippen LogP) is 3.96. The van der Waals surface area contributed by atoms with Crippen molar-refractivity contribution in [1.82, 2.24) is 5.32 Å². The van der Waals surface area contributed by atoms with Gasteiger partial charge in [0.25, 0.3) is 0 Å². The Balaban J connectivity index is 2.08. The topological polar surface area (TPSA) is 49.3 Å². The molecule has 2 rings (SSSR count). The molecule has 2 aromatic rings. The lowest BCUT2D eigenvalue weighted by molar-refractivity contribution is -0.137. The molecule has 0 aliphatic rings. The lowest BCUT2D eigenvalue weighted by atomic mass is 10.1. The van der Waals surface area contributed by atoms with Gasteiger partial charge in [-0.1, -0.05) is 22.0 Å². The summed E-state index contributed by atoms with van der Waals surface area (Å²) in [6.07, 6.45) is -0.0316. The molecule has 1 unspecified atom stereocenters. The molecular formula is C14H13BrFNO2S. The van der Waals surface area contributed by atoms with Crippen molar-refractivity contribution in [3.8, 4) is 0 Å². The van der Waals surface area contributed by atoms with Crippen molar-refractivity contribution in [2.24, 2.45) is 0 Å². The van der Waals surface area contributed by atoms with Crippen molar-refractivity contribution in [1.29, 1.82) is 0 Å². The highest BCUT2D eigenvalue weighted by Gasteiger charge is 2.16. The first kappa shape index (κ1) is 15.2. The fourth-order valence-corrected chi connectivity index (χ4v) is 3.06. The number of thiophene rings is 1. The summed E-state index contributed by atoms with van der Waals surface area (Å²) < 4.78 is 14.4. The molecule has 0 saturated heterocycles. The van der Waals surface area contributed by atoms with Crippen LogP contribution in [0.1, 0.15) is 22.9 Å². The Kier molecular flexibility index (Phi) is 5.28. The van der Waals surface area contributed by atoms with E-state index in [4.69, 9.17) is 5.11 Å². The second-order valence-corrected chi connectivity index (χ2v) is 6.18. The summed E-state index contributed by atoms with van der Waals surface area (Å²) in [7, 11) is 0. The molecule has 1 aromatic carbocycles. The minimum Gasteiger partial charge on any atom is -0.481 e. The fraction of sp³-hybridized carbons (Fsp3) is 0.214. The van der Waals surface area contributed by atoms with Crippen LogP contribution < -0.4 is 5.32 Å². The van der Waals surface area contributed by atoms with Crippen LogP contribution in [0, 0.1) is 5.82 Å². The van der Waals surface area contributed by atoms with Crippen LogP contribution in [0.4, 0.5) is 4.39 Å². The zero-order chi connectivity index (χ0) is 14.5. The zero-order valence-corrected chi connectivity index (χ0v) is 12.9. The van der Waals surface area contributed by atoms with Gasteiger partial charge >= 0.3 is 5.97 Å². The van der Waals surface area contributed by atoms with Crippen molar-refractivity contribution in [2.75, 3.05) is 0 Å². The third-order valence-corrected chi connectivity index (χ3v) is 4.29. The van der Waals surface area contributed by atoms with Crippen molar-refractivity contribution in [3.05, 3.63) is 56.4 Å². The molecule has 1 aromatic heterocycles.